The molecule has 0 aromatic carbocycles. The second-order valence-electron chi connectivity index (χ2n) is 8.10. The van der Waals surface area contributed by atoms with Gasteiger partial charge in [0.2, 0.25) is 0 Å². The maximum absolute atomic E-state index is 14.3. The van der Waals surface area contributed by atoms with Crippen molar-refractivity contribution in [3.8, 4) is 0 Å². The molecule has 7 nitrogen and oxygen atoms in total. The molecule has 0 spiro atoms. The van der Waals surface area contributed by atoms with E-state index in [1.54, 1.807) is 0 Å². The molecule has 2 unspecified atom stereocenters. The van der Waals surface area contributed by atoms with Crippen molar-refractivity contribution in [3.05, 3.63) is 25.3 Å². The number of aliphatic hydroxyl groups is 1. The molecule has 0 saturated carbocycles. The van der Waals surface area contributed by atoms with E-state index in [0.29, 0.717) is 19.1 Å². The van der Waals surface area contributed by atoms with Crippen molar-refractivity contribution in [3.63, 3.8) is 0 Å². The Morgan fingerprint density at radius 2 is 1.18 bits per heavy atom. The third kappa shape index (κ3) is 7.17. The molecule has 232 valence electrons. The molecule has 0 aliphatic carbocycles. The van der Waals surface area contributed by atoms with E-state index in [-0.39, 0.29) is 0 Å². The highest BCUT2D eigenvalue weighted by molar-refractivity contribution is 5.82. The first-order valence-electron chi connectivity index (χ1n) is 10.1. The summed E-state index contributed by atoms with van der Waals surface area (Å²) in [6, 6.07) is 0. The molecule has 0 aliphatic heterocycles. The topological polar surface area (TPSA) is 99.1 Å². The summed E-state index contributed by atoms with van der Waals surface area (Å²) < 4.78 is 187. The van der Waals surface area contributed by atoms with Gasteiger partial charge in [0, 0.05) is 12.2 Å². The summed E-state index contributed by atoms with van der Waals surface area (Å²) >= 11 is 0. The fraction of sp³-hybridized carbons (Fsp3) is 0.650. The molecule has 0 aromatic heterocycles. The van der Waals surface area contributed by atoms with Crippen molar-refractivity contribution in [2.75, 3.05) is 19.8 Å². The van der Waals surface area contributed by atoms with Crippen LogP contribution in [0.15, 0.2) is 25.3 Å². The Labute approximate surface area is 215 Å². The number of carbonyl (C=O) groups excluding carboxylic acids is 3. The summed E-state index contributed by atoms with van der Waals surface area (Å²) in [7, 11) is 0. The van der Waals surface area contributed by atoms with Crippen molar-refractivity contribution < 1.29 is 90.8 Å². The van der Waals surface area contributed by atoms with Gasteiger partial charge in [-0.2, -0.15) is 57.1 Å². The zero-order chi connectivity index (χ0) is 32.2. The Bertz CT molecular complexity index is 963. The number of hydrogen-bond donors (Lipinski definition) is 1. The van der Waals surface area contributed by atoms with Crippen LogP contribution in [0.3, 0.4) is 0 Å². The lowest BCUT2D eigenvalue weighted by Gasteiger charge is -2.40. The van der Waals surface area contributed by atoms with Gasteiger partial charge in [-0.05, 0) is 6.92 Å². The van der Waals surface area contributed by atoms with Crippen molar-refractivity contribution in [2.24, 2.45) is 5.41 Å². The number of carbonyl (C=O) groups is 3. The van der Waals surface area contributed by atoms with Crippen LogP contribution >= 0.6 is 0 Å². The van der Waals surface area contributed by atoms with E-state index < -0.39 is 91.5 Å². The van der Waals surface area contributed by atoms with Crippen molar-refractivity contribution in [1.29, 1.82) is 0 Å². The van der Waals surface area contributed by atoms with E-state index in [0.717, 1.165) is 0 Å². The second-order valence-corrected chi connectivity index (χ2v) is 8.10. The summed E-state index contributed by atoms with van der Waals surface area (Å²) in [5.74, 6) is -43.3. The van der Waals surface area contributed by atoms with Gasteiger partial charge in [0.05, 0.1) is 13.0 Å². The summed E-state index contributed by atoms with van der Waals surface area (Å²) in [5.41, 5.74) is -2.43. The molecule has 0 aromatic rings. The Hall–Kier alpha value is -3.06. The first kappa shape index (κ1) is 36.9. The van der Waals surface area contributed by atoms with Gasteiger partial charge in [-0.25, -0.2) is 9.59 Å². The number of ether oxygens (including phenoxy) is 3. The molecule has 20 heteroatoms. The third-order valence-corrected chi connectivity index (χ3v) is 4.88. The summed E-state index contributed by atoms with van der Waals surface area (Å²) in [5, 5.41) is 9.38. The largest absolute Gasteiger partial charge is 0.461 e. The van der Waals surface area contributed by atoms with Crippen LogP contribution in [0.2, 0.25) is 0 Å². The number of esters is 3. The maximum atomic E-state index is 14.3. The molecule has 0 rings (SSSR count). The number of hydrogen-bond acceptors (Lipinski definition) is 7. The van der Waals surface area contributed by atoms with Gasteiger partial charge in [-0.3, -0.25) is 4.79 Å². The normalized spacial score (nSPS) is 15.9. The van der Waals surface area contributed by atoms with Crippen LogP contribution in [-0.4, -0.2) is 84.7 Å². The highest BCUT2D eigenvalue weighted by atomic mass is 19.4. The Morgan fingerprint density at radius 1 is 0.750 bits per heavy atom. The Kier molecular flexibility index (Phi) is 11.3. The maximum Gasteiger partial charge on any atom is 0.460 e. The molecule has 0 radical (unpaired) electrons. The summed E-state index contributed by atoms with van der Waals surface area (Å²) in [6.07, 6.45) is -12.8. The van der Waals surface area contributed by atoms with Gasteiger partial charge in [-0.15, -0.1) is 0 Å². The van der Waals surface area contributed by atoms with Crippen LogP contribution in [-0.2, 0) is 28.6 Å². The van der Waals surface area contributed by atoms with Gasteiger partial charge in [0.15, 0.2) is 0 Å². The zero-order valence-corrected chi connectivity index (χ0v) is 19.8. The van der Waals surface area contributed by atoms with Crippen LogP contribution in [0.25, 0.3) is 0 Å². The summed E-state index contributed by atoms with van der Waals surface area (Å²) in [4.78, 5) is 34.7. The molecule has 0 aliphatic rings. The van der Waals surface area contributed by atoms with Crippen LogP contribution < -0.4 is 0 Å². The zero-order valence-electron chi connectivity index (χ0n) is 19.8. The predicted molar refractivity (Wildman–Crippen MR) is 103 cm³/mol. The molecule has 0 bridgehead atoms. The fourth-order valence-electron chi connectivity index (χ4n) is 2.34. The number of aliphatic hydroxyl groups excluding tert-OH is 1. The fourth-order valence-corrected chi connectivity index (χ4v) is 2.34. The minimum atomic E-state index is -8.16. The molecule has 0 heterocycles. The lowest BCUT2D eigenvalue weighted by Crippen LogP contribution is -2.70. The van der Waals surface area contributed by atoms with Crippen molar-refractivity contribution in [1.82, 2.24) is 0 Å². The van der Waals surface area contributed by atoms with Crippen molar-refractivity contribution in [2.45, 2.75) is 55.2 Å². The minimum Gasteiger partial charge on any atom is -0.461 e. The van der Waals surface area contributed by atoms with Crippen LogP contribution in [0.1, 0.15) is 13.3 Å². The molecule has 0 saturated heterocycles. The first-order chi connectivity index (χ1) is 17.7. The van der Waals surface area contributed by atoms with Crippen LogP contribution in [0, 0.1) is 5.41 Å². The van der Waals surface area contributed by atoms with Gasteiger partial charge in [0.1, 0.15) is 24.7 Å². The lowest BCUT2D eigenvalue weighted by molar-refractivity contribution is -0.440. The van der Waals surface area contributed by atoms with Crippen LogP contribution in [0.4, 0.5) is 57.1 Å². The highest BCUT2D eigenvalue weighted by Gasteiger charge is 2.90. The highest BCUT2D eigenvalue weighted by Crippen LogP contribution is 2.60. The van der Waals surface area contributed by atoms with E-state index in [4.69, 9.17) is 0 Å². The number of rotatable bonds is 15. The quantitative estimate of drug-likeness (QED) is 0.125. The molecule has 40 heavy (non-hydrogen) atoms. The van der Waals surface area contributed by atoms with E-state index in [1.165, 1.54) is 0 Å². The minimum absolute atomic E-state index is 0.312. The number of halogens is 13. The van der Waals surface area contributed by atoms with E-state index in [2.05, 4.69) is 27.4 Å². The molecule has 0 amide bonds. The molecule has 0 fully saturated rings. The van der Waals surface area contributed by atoms with E-state index in [9.17, 15) is 76.6 Å². The summed E-state index contributed by atoms with van der Waals surface area (Å²) in [6.45, 7) is 2.28. The molecule has 1 N–H and O–H groups in total. The average molecular weight is 618 g/mol. The smallest absolute Gasteiger partial charge is 0.460 e. The van der Waals surface area contributed by atoms with E-state index >= 15 is 0 Å². The van der Waals surface area contributed by atoms with Gasteiger partial charge in [-0.1, -0.05) is 13.2 Å². The van der Waals surface area contributed by atoms with Gasteiger partial charge < -0.3 is 19.3 Å². The molecular weight excluding hydrogens is 599 g/mol. The molecule has 2 atom stereocenters. The lowest BCUT2D eigenvalue weighted by atomic mass is 9.91. The predicted octanol–water partition coefficient (Wildman–Crippen LogP) is 4.48. The van der Waals surface area contributed by atoms with Gasteiger partial charge in [0.25, 0.3) is 0 Å². The second kappa shape index (κ2) is 12.2. The first-order valence-corrected chi connectivity index (χ1v) is 10.1. The number of alkyl halides is 13. The Morgan fingerprint density at radius 3 is 1.57 bits per heavy atom. The standard InChI is InChI=1S/C20H19F13O7/c1-4-11(35)38-7-10(40-13(37)14(3,8-34)9-39-12(36)5-2)6-15(21,22)16(23,24)17(25,26)18(27,28)19(29,30)20(31,32)33/h4-5,10,34H,1-2,6-9H2,3H3. The van der Waals surface area contributed by atoms with Gasteiger partial charge >= 0.3 is 53.7 Å². The SMILES string of the molecule is C=CC(=O)OCC(CC(F)(F)C(F)(F)C(F)(F)C(F)(F)C(F)(F)C(F)(F)F)OC(=O)C(C)(CO)COC(=O)C=C. The monoisotopic (exact) mass is 618 g/mol. The third-order valence-electron chi connectivity index (χ3n) is 4.88. The Balaban J connectivity index is 6.43. The van der Waals surface area contributed by atoms with Crippen LogP contribution in [0.5, 0.6) is 0 Å². The van der Waals surface area contributed by atoms with E-state index in [1.807, 2.05) is 0 Å². The molecular formula is C20H19F13O7. The van der Waals surface area contributed by atoms with Crippen molar-refractivity contribution >= 4 is 17.9 Å². The average Bonchev–Trinajstić information content (AvgIpc) is 2.83.